The first-order valence-electron chi connectivity index (χ1n) is 11.3. The predicted molar refractivity (Wildman–Crippen MR) is 115 cm³/mol. The van der Waals surface area contributed by atoms with Gasteiger partial charge in [-0.25, -0.2) is 0 Å². The van der Waals surface area contributed by atoms with E-state index in [0.717, 1.165) is 38.5 Å². The Morgan fingerprint density at radius 1 is 0.871 bits per heavy atom. The van der Waals surface area contributed by atoms with Gasteiger partial charge in [0.05, 0.1) is 6.61 Å². The van der Waals surface area contributed by atoms with Gasteiger partial charge in [0.1, 0.15) is 0 Å². The second-order valence-corrected chi connectivity index (χ2v) is 9.28. The maximum Gasteiger partial charge on any atom is 1.00 e. The molecule has 0 fully saturated rings. The third-order valence-electron chi connectivity index (χ3n) is 4.87. The molecule has 0 saturated carbocycles. The molecule has 0 spiro atoms. The molecule has 7 nitrogen and oxygen atoms in total. The number of carboxylic acid groups (broad SMARTS) is 1. The molecule has 1 N–H and O–H groups in total. The molecule has 0 aliphatic rings. The van der Waals surface area contributed by atoms with Crippen LogP contribution in [0.3, 0.4) is 0 Å². The fraction of sp³-hybridized carbons (Fsp3) is 0.818. The first-order valence-corrected chi connectivity index (χ1v) is 12.8. The van der Waals surface area contributed by atoms with Crippen molar-refractivity contribution in [2.45, 2.75) is 108 Å². The molecule has 0 rings (SSSR count). The molecule has 0 radical (unpaired) electrons. The van der Waals surface area contributed by atoms with E-state index in [1.54, 1.807) is 0 Å². The first-order chi connectivity index (χ1) is 14.3. The van der Waals surface area contributed by atoms with Crippen molar-refractivity contribution in [2.24, 2.45) is 0 Å². The van der Waals surface area contributed by atoms with E-state index in [2.05, 4.69) is 19.1 Å². The van der Waals surface area contributed by atoms with Gasteiger partial charge in [0.2, 0.25) is 0 Å². The molecule has 0 saturated heterocycles. The molecule has 1 atom stereocenters. The molecule has 0 aliphatic heterocycles. The Morgan fingerprint density at radius 3 is 1.77 bits per heavy atom. The molecule has 0 aromatic carbocycles. The Morgan fingerprint density at radius 2 is 1.32 bits per heavy atom. The zero-order chi connectivity index (χ0) is 22.7. The number of esters is 1. The summed E-state index contributed by atoms with van der Waals surface area (Å²) in [5, 5.41) is 8.37. The maximum absolute atomic E-state index is 11.6. The van der Waals surface area contributed by atoms with Gasteiger partial charge in [-0.05, 0) is 32.1 Å². The smallest absolute Gasteiger partial charge is 0.550 e. The van der Waals surface area contributed by atoms with Crippen LogP contribution in [0.2, 0.25) is 0 Å². The molecular formula is C22H39NaO7S. The number of carbonyl (C=O) groups excluding carboxylic acids is 2. The second kappa shape index (κ2) is 21.4. The number of rotatable bonds is 20. The quantitative estimate of drug-likeness (QED) is 0.0925. The average molecular weight is 471 g/mol. The van der Waals surface area contributed by atoms with Crippen molar-refractivity contribution in [3.8, 4) is 0 Å². The predicted octanol–water partition coefficient (Wildman–Crippen LogP) is 0.968. The summed E-state index contributed by atoms with van der Waals surface area (Å²) < 4.78 is 35.8. The van der Waals surface area contributed by atoms with Crippen LogP contribution in [-0.4, -0.2) is 36.8 Å². The second-order valence-electron chi connectivity index (χ2n) is 7.69. The summed E-state index contributed by atoms with van der Waals surface area (Å²) in [5.41, 5.74) is 0. The van der Waals surface area contributed by atoms with Crippen molar-refractivity contribution < 1.29 is 62.0 Å². The van der Waals surface area contributed by atoms with E-state index in [0.29, 0.717) is 6.42 Å². The molecule has 0 amide bonds. The molecule has 9 heteroatoms. The van der Waals surface area contributed by atoms with Crippen LogP contribution in [-0.2, 0) is 24.4 Å². The van der Waals surface area contributed by atoms with E-state index < -0.39 is 33.7 Å². The van der Waals surface area contributed by atoms with Crippen molar-refractivity contribution in [3.05, 3.63) is 12.2 Å². The fourth-order valence-electron chi connectivity index (χ4n) is 3.08. The number of hydrogen-bond donors (Lipinski definition) is 1. The van der Waals surface area contributed by atoms with Crippen LogP contribution < -0.4 is 34.7 Å². The van der Waals surface area contributed by atoms with Crippen molar-refractivity contribution in [2.75, 3.05) is 6.61 Å². The van der Waals surface area contributed by atoms with E-state index in [1.165, 1.54) is 44.9 Å². The Hall–Kier alpha value is -0.410. The minimum Gasteiger partial charge on any atom is -0.550 e. The number of ether oxygens (including phenoxy) is 1. The summed E-state index contributed by atoms with van der Waals surface area (Å²) in [6, 6.07) is 0. The molecule has 31 heavy (non-hydrogen) atoms. The number of unbranched alkanes of at least 4 members (excludes halogenated alkanes) is 12. The first kappa shape index (κ1) is 32.8. The number of aliphatic carboxylic acids is 1. The Bertz CT molecular complexity index is 591. The largest absolute Gasteiger partial charge is 1.00 e. The molecule has 176 valence electrons. The summed E-state index contributed by atoms with van der Waals surface area (Å²) in [6.07, 6.45) is 19.4. The summed E-state index contributed by atoms with van der Waals surface area (Å²) >= 11 is 0. The van der Waals surface area contributed by atoms with E-state index >= 15 is 0 Å². The van der Waals surface area contributed by atoms with Crippen molar-refractivity contribution in [3.63, 3.8) is 0 Å². The third kappa shape index (κ3) is 21.2. The monoisotopic (exact) mass is 470 g/mol. The Labute approximate surface area is 210 Å². The minimum absolute atomic E-state index is 0. The number of hydrogen-bond acceptors (Lipinski definition) is 6. The topological polar surface area (TPSA) is 121 Å². The van der Waals surface area contributed by atoms with E-state index in [-0.39, 0.29) is 36.2 Å². The molecular weight excluding hydrogens is 431 g/mol. The van der Waals surface area contributed by atoms with Gasteiger partial charge in [0, 0.05) is 12.4 Å². The van der Waals surface area contributed by atoms with Gasteiger partial charge in [-0.1, -0.05) is 76.9 Å². The summed E-state index contributed by atoms with van der Waals surface area (Å²) in [4.78, 5) is 22.1. The maximum atomic E-state index is 11.6. The minimum atomic E-state index is -4.83. The summed E-state index contributed by atoms with van der Waals surface area (Å²) in [7, 11) is -4.83. The molecule has 0 aromatic rings. The molecule has 1 unspecified atom stereocenters. The van der Waals surface area contributed by atoms with Crippen molar-refractivity contribution >= 4 is 22.1 Å². The standard InChI is InChI=1S/C22H40O7S.Na/c1-2-3-4-5-6-7-8-9-10-11-12-13-14-15-16-17-18-29-22(25)20(19-21(23)24)30(26,27)28;/h9-10,20H,2-8,11-19H2,1H3,(H,23,24)(H,26,27,28);/q;+1/p-1. The van der Waals surface area contributed by atoms with Gasteiger partial charge < -0.3 is 14.6 Å². The molecule has 0 heterocycles. The zero-order valence-corrected chi connectivity index (χ0v) is 22.2. The Kier molecular flexibility index (Phi) is 22.7. The van der Waals surface area contributed by atoms with E-state index in [1.807, 2.05) is 0 Å². The van der Waals surface area contributed by atoms with Crippen LogP contribution in [0.1, 0.15) is 103 Å². The zero-order valence-electron chi connectivity index (χ0n) is 19.4. The van der Waals surface area contributed by atoms with E-state index in [9.17, 15) is 23.1 Å². The summed E-state index contributed by atoms with van der Waals surface area (Å²) in [6.45, 7) is 2.23. The molecule has 0 bridgehead atoms. The molecule has 0 aromatic heterocycles. The van der Waals surface area contributed by atoms with Gasteiger partial charge in [0.15, 0.2) is 5.25 Å². The van der Waals surface area contributed by atoms with Gasteiger partial charge in [-0.3, -0.25) is 9.35 Å². The van der Waals surface area contributed by atoms with Crippen LogP contribution in [0.4, 0.5) is 0 Å². The van der Waals surface area contributed by atoms with Crippen molar-refractivity contribution in [1.82, 2.24) is 0 Å². The van der Waals surface area contributed by atoms with Crippen LogP contribution >= 0.6 is 0 Å². The summed E-state index contributed by atoms with van der Waals surface area (Å²) in [5.74, 6) is -3.00. The van der Waals surface area contributed by atoms with Gasteiger partial charge in [-0.15, -0.1) is 0 Å². The van der Waals surface area contributed by atoms with Crippen molar-refractivity contribution in [1.29, 1.82) is 0 Å². The van der Waals surface area contributed by atoms with Crippen LogP contribution in [0.5, 0.6) is 0 Å². The molecule has 0 aliphatic carbocycles. The van der Waals surface area contributed by atoms with Crippen LogP contribution in [0.25, 0.3) is 0 Å². The Balaban J connectivity index is 0. The fourth-order valence-corrected chi connectivity index (χ4v) is 3.73. The van der Waals surface area contributed by atoms with E-state index in [4.69, 9.17) is 9.29 Å². The number of carboxylic acids is 1. The number of carbonyl (C=O) groups is 2. The van der Waals surface area contributed by atoms with Crippen LogP contribution in [0.15, 0.2) is 12.2 Å². The van der Waals surface area contributed by atoms with Crippen LogP contribution in [0, 0.1) is 0 Å². The number of allylic oxidation sites excluding steroid dienone is 2. The van der Waals surface area contributed by atoms with Gasteiger partial charge in [0.25, 0.3) is 10.1 Å². The SMILES string of the molecule is CCCCCCCCC=CCCCCCCCCOC(=O)C(CC(=O)[O-])S(=O)(=O)O.[Na+]. The third-order valence-corrected chi connectivity index (χ3v) is 5.95. The van der Waals surface area contributed by atoms with Gasteiger partial charge >= 0.3 is 35.5 Å². The normalized spacial score (nSPS) is 12.5. The average Bonchev–Trinajstić information content (AvgIpc) is 2.67. The van der Waals surface area contributed by atoms with Gasteiger partial charge in [-0.2, -0.15) is 8.42 Å².